The molecule has 6 nitrogen and oxygen atoms in total. The van der Waals surface area contributed by atoms with E-state index < -0.39 is 9.84 Å². The SMILES string of the molecule is CC(C)CC(CN(C)C)NC(=O)NCCCS(=O)(=O)c1ccccc1. The summed E-state index contributed by atoms with van der Waals surface area (Å²) >= 11 is 0. The van der Waals surface area contributed by atoms with E-state index in [1.54, 1.807) is 30.3 Å². The maximum Gasteiger partial charge on any atom is 0.315 e. The van der Waals surface area contributed by atoms with Crippen LogP contribution in [0.3, 0.4) is 0 Å². The Balaban J connectivity index is 2.38. The monoisotopic (exact) mass is 369 g/mol. The van der Waals surface area contributed by atoms with Crippen LogP contribution in [0, 0.1) is 5.92 Å². The lowest BCUT2D eigenvalue weighted by molar-refractivity contribution is 0.229. The maximum atomic E-state index is 12.2. The molecule has 2 N–H and O–H groups in total. The molecule has 142 valence electrons. The summed E-state index contributed by atoms with van der Waals surface area (Å²) in [6.45, 7) is 5.34. The van der Waals surface area contributed by atoms with Crippen molar-refractivity contribution in [3.05, 3.63) is 30.3 Å². The Morgan fingerprint density at radius 3 is 2.36 bits per heavy atom. The Bertz CT molecular complexity index is 606. The number of nitrogens with zero attached hydrogens (tertiary/aromatic N) is 1. The van der Waals surface area contributed by atoms with Gasteiger partial charge in [0.2, 0.25) is 0 Å². The molecule has 1 aromatic carbocycles. The molecule has 0 fully saturated rings. The summed E-state index contributed by atoms with van der Waals surface area (Å²) in [5.74, 6) is 0.506. The molecule has 1 atom stereocenters. The van der Waals surface area contributed by atoms with Crippen LogP contribution >= 0.6 is 0 Å². The number of benzene rings is 1. The second-order valence-electron chi connectivity index (χ2n) is 6.97. The van der Waals surface area contributed by atoms with Gasteiger partial charge in [-0.05, 0) is 45.0 Å². The smallest absolute Gasteiger partial charge is 0.315 e. The lowest BCUT2D eigenvalue weighted by Crippen LogP contribution is -2.47. The van der Waals surface area contributed by atoms with Crippen molar-refractivity contribution in [2.24, 2.45) is 5.92 Å². The second-order valence-corrected chi connectivity index (χ2v) is 9.08. The zero-order chi connectivity index (χ0) is 18.9. The number of carbonyl (C=O) groups is 1. The molecule has 1 aromatic rings. The maximum absolute atomic E-state index is 12.2. The molecule has 0 radical (unpaired) electrons. The van der Waals surface area contributed by atoms with E-state index in [1.807, 2.05) is 19.0 Å². The number of nitrogens with one attached hydrogen (secondary N) is 2. The molecule has 2 amide bonds. The largest absolute Gasteiger partial charge is 0.338 e. The zero-order valence-electron chi connectivity index (χ0n) is 15.7. The number of amides is 2. The quantitative estimate of drug-likeness (QED) is 0.619. The summed E-state index contributed by atoms with van der Waals surface area (Å²) in [6, 6.07) is 8.20. The van der Waals surface area contributed by atoms with Gasteiger partial charge in [-0.1, -0.05) is 32.0 Å². The molecule has 0 spiro atoms. The zero-order valence-corrected chi connectivity index (χ0v) is 16.5. The summed E-state index contributed by atoms with van der Waals surface area (Å²) in [6.07, 6.45) is 1.28. The third kappa shape index (κ3) is 8.88. The van der Waals surface area contributed by atoms with Crippen molar-refractivity contribution in [2.45, 2.75) is 37.6 Å². The first kappa shape index (κ1) is 21.4. The summed E-state index contributed by atoms with van der Waals surface area (Å²) in [7, 11) is 0.656. The first-order chi connectivity index (χ1) is 11.7. The van der Waals surface area contributed by atoms with Gasteiger partial charge in [-0.25, -0.2) is 13.2 Å². The normalized spacial score (nSPS) is 13.0. The fourth-order valence-electron chi connectivity index (χ4n) is 2.64. The van der Waals surface area contributed by atoms with Gasteiger partial charge in [0.15, 0.2) is 9.84 Å². The molecule has 0 aliphatic heterocycles. The Kier molecular flexibility index (Phi) is 8.92. The molecular weight excluding hydrogens is 338 g/mol. The van der Waals surface area contributed by atoms with Crippen molar-refractivity contribution >= 4 is 15.9 Å². The predicted octanol–water partition coefficient (Wildman–Crippen LogP) is 2.13. The molecule has 0 heterocycles. The highest BCUT2D eigenvalue weighted by Crippen LogP contribution is 2.10. The van der Waals surface area contributed by atoms with Gasteiger partial charge in [-0.2, -0.15) is 0 Å². The number of likely N-dealkylation sites (N-methyl/N-ethyl adjacent to an activating group) is 1. The molecule has 0 saturated carbocycles. The molecule has 0 aliphatic rings. The predicted molar refractivity (Wildman–Crippen MR) is 101 cm³/mol. The van der Waals surface area contributed by atoms with Gasteiger partial charge in [0.25, 0.3) is 0 Å². The van der Waals surface area contributed by atoms with Crippen LogP contribution in [0.15, 0.2) is 35.2 Å². The minimum atomic E-state index is -3.29. The molecule has 1 unspecified atom stereocenters. The van der Waals surface area contributed by atoms with Crippen molar-refractivity contribution in [3.63, 3.8) is 0 Å². The Hall–Kier alpha value is -1.60. The lowest BCUT2D eigenvalue weighted by Gasteiger charge is -2.24. The van der Waals surface area contributed by atoms with Crippen molar-refractivity contribution in [2.75, 3.05) is 32.9 Å². The fraction of sp³-hybridized carbons (Fsp3) is 0.611. The summed E-state index contributed by atoms with van der Waals surface area (Å²) < 4.78 is 24.3. The summed E-state index contributed by atoms with van der Waals surface area (Å²) in [5, 5.41) is 5.72. The van der Waals surface area contributed by atoms with Crippen LogP contribution < -0.4 is 10.6 Å². The Morgan fingerprint density at radius 2 is 1.80 bits per heavy atom. The van der Waals surface area contributed by atoms with E-state index in [-0.39, 0.29) is 17.8 Å². The van der Waals surface area contributed by atoms with E-state index in [0.717, 1.165) is 13.0 Å². The van der Waals surface area contributed by atoms with Gasteiger partial charge in [0.05, 0.1) is 10.6 Å². The number of carbonyl (C=O) groups excluding carboxylic acids is 1. The minimum absolute atomic E-state index is 0.0183. The summed E-state index contributed by atoms with van der Waals surface area (Å²) in [5.41, 5.74) is 0. The van der Waals surface area contributed by atoms with Gasteiger partial charge in [0.1, 0.15) is 0 Å². The van der Waals surface area contributed by atoms with E-state index in [9.17, 15) is 13.2 Å². The first-order valence-electron chi connectivity index (χ1n) is 8.67. The van der Waals surface area contributed by atoms with Crippen molar-refractivity contribution in [1.82, 2.24) is 15.5 Å². The molecule has 7 heteroatoms. The van der Waals surface area contributed by atoms with Gasteiger partial charge in [0, 0.05) is 19.1 Å². The summed E-state index contributed by atoms with van der Waals surface area (Å²) in [4.78, 5) is 14.4. The molecule has 0 aliphatic carbocycles. The minimum Gasteiger partial charge on any atom is -0.338 e. The first-order valence-corrected chi connectivity index (χ1v) is 10.3. The molecule has 1 rings (SSSR count). The average molecular weight is 370 g/mol. The van der Waals surface area contributed by atoms with E-state index >= 15 is 0 Å². The number of hydrogen-bond donors (Lipinski definition) is 2. The lowest BCUT2D eigenvalue weighted by atomic mass is 10.0. The van der Waals surface area contributed by atoms with E-state index in [4.69, 9.17) is 0 Å². The van der Waals surface area contributed by atoms with Gasteiger partial charge in [-0.15, -0.1) is 0 Å². The Morgan fingerprint density at radius 1 is 1.16 bits per heavy atom. The van der Waals surface area contributed by atoms with Crippen LogP contribution in [-0.2, 0) is 9.84 Å². The molecular formula is C18H31N3O3S. The molecule has 25 heavy (non-hydrogen) atoms. The number of hydrogen-bond acceptors (Lipinski definition) is 4. The highest BCUT2D eigenvalue weighted by atomic mass is 32.2. The van der Waals surface area contributed by atoms with Gasteiger partial charge >= 0.3 is 6.03 Å². The number of rotatable bonds is 10. The second kappa shape index (κ2) is 10.4. The van der Waals surface area contributed by atoms with Crippen LogP contribution in [0.4, 0.5) is 4.79 Å². The number of urea groups is 1. The highest BCUT2D eigenvalue weighted by Gasteiger charge is 2.16. The van der Waals surface area contributed by atoms with E-state index in [1.165, 1.54) is 0 Å². The fourth-order valence-corrected chi connectivity index (χ4v) is 3.97. The Labute approximate surface area is 151 Å². The van der Waals surface area contributed by atoms with E-state index in [0.29, 0.717) is 23.8 Å². The molecule has 0 bridgehead atoms. The molecule has 0 aromatic heterocycles. The van der Waals surface area contributed by atoms with Gasteiger partial charge < -0.3 is 15.5 Å². The van der Waals surface area contributed by atoms with Crippen LogP contribution in [0.1, 0.15) is 26.7 Å². The topological polar surface area (TPSA) is 78.5 Å². The third-order valence-corrected chi connectivity index (χ3v) is 5.47. The highest BCUT2D eigenvalue weighted by molar-refractivity contribution is 7.91. The van der Waals surface area contributed by atoms with Crippen LogP contribution in [0.2, 0.25) is 0 Å². The van der Waals surface area contributed by atoms with Crippen molar-refractivity contribution in [3.8, 4) is 0 Å². The number of sulfone groups is 1. The van der Waals surface area contributed by atoms with Crippen molar-refractivity contribution < 1.29 is 13.2 Å². The van der Waals surface area contributed by atoms with Gasteiger partial charge in [-0.3, -0.25) is 0 Å². The molecule has 0 saturated heterocycles. The van der Waals surface area contributed by atoms with Crippen LogP contribution in [0.5, 0.6) is 0 Å². The third-order valence-electron chi connectivity index (χ3n) is 3.65. The van der Waals surface area contributed by atoms with Crippen LogP contribution in [-0.4, -0.2) is 58.3 Å². The van der Waals surface area contributed by atoms with E-state index in [2.05, 4.69) is 24.5 Å². The van der Waals surface area contributed by atoms with Crippen molar-refractivity contribution in [1.29, 1.82) is 0 Å². The van der Waals surface area contributed by atoms with Crippen LogP contribution in [0.25, 0.3) is 0 Å². The standard InChI is InChI=1S/C18H31N3O3S/c1-15(2)13-16(14-21(3)4)20-18(22)19-11-8-12-25(23,24)17-9-6-5-7-10-17/h5-7,9-10,15-16H,8,11-14H2,1-4H3,(H2,19,20,22). The average Bonchev–Trinajstić information content (AvgIpc) is 2.51.